The van der Waals surface area contributed by atoms with Gasteiger partial charge in [-0.1, -0.05) is 6.42 Å². The van der Waals surface area contributed by atoms with E-state index in [0.29, 0.717) is 5.25 Å². The van der Waals surface area contributed by atoms with E-state index in [0.717, 1.165) is 24.7 Å². The summed E-state index contributed by atoms with van der Waals surface area (Å²) in [5, 5.41) is 10.0. The van der Waals surface area contributed by atoms with Crippen LogP contribution in [0.25, 0.3) is 0 Å². The Morgan fingerprint density at radius 1 is 1.08 bits per heavy atom. The first kappa shape index (κ1) is 8.89. The monoisotopic (exact) mass is 186 g/mol. The van der Waals surface area contributed by atoms with E-state index >= 15 is 0 Å². The lowest BCUT2D eigenvalue weighted by molar-refractivity contribution is 0.171. The minimum absolute atomic E-state index is 0.00358. The zero-order valence-corrected chi connectivity index (χ0v) is 8.34. The molecule has 12 heavy (non-hydrogen) atoms. The molecule has 0 spiro atoms. The van der Waals surface area contributed by atoms with Gasteiger partial charge >= 0.3 is 0 Å². The lowest BCUT2D eigenvalue weighted by Gasteiger charge is -2.21. The Bertz CT molecular complexity index is 160. The highest BCUT2D eigenvalue weighted by Gasteiger charge is 2.35. The summed E-state index contributed by atoms with van der Waals surface area (Å²) in [5.41, 5.74) is 0. The van der Waals surface area contributed by atoms with E-state index in [1.807, 2.05) is 0 Å². The summed E-state index contributed by atoms with van der Waals surface area (Å²) in [6.07, 6.45) is 7.31. The van der Waals surface area contributed by atoms with Crippen molar-refractivity contribution in [3.63, 3.8) is 0 Å². The molecule has 2 aliphatic rings. The predicted octanol–water partition coefficient (Wildman–Crippen LogP) is 2.25. The van der Waals surface area contributed by atoms with Crippen molar-refractivity contribution in [1.82, 2.24) is 0 Å². The van der Waals surface area contributed by atoms with E-state index in [4.69, 9.17) is 0 Å². The Morgan fingerprint density at radius 2 is 1.92 bits per heavy atom. The Hall–Kier alpha value is 0.310. The molecule has 70 valence electrons. The van der Waals surface area contributed by atoms with Crippen molar-refractivity contribution in [1.29, 1.82) is 0 Å². The molecule has 2 rings (SSSR count). The highest BCUT2D eigenvalue weighted by Crippen LogP contribution is 2.42. The van der Waals surface area contributed by atoms with Gasteiger partial charge in [-0.15, -0.1) is 0 Å². The molecular weight excluding hydrogens is 168 g/mol. The number of hydrogen-bond acceptors (Lipinski definition) is 2. The van der Waals surface area contributed by atoms with Crippen LogP contribution in [0.4, 0.5) is 0 Å². The smallest absolute Gasteiger partial charge is 0.0543 e. The fourth-order valence-electron chi connectivity index (χ4n) is 2.90. The van der Waals surface area contributed by atoms with Crippen LogP contribution in [0.15, 0.2) is 0 Å². The van der Waals surface area contributed by atoms with E-state index < -0.39 is 0 Å². The zero-order valence-electron chi connectivity index (χ0n) is 7.45. The molecule has 0 aromatic heterocycles. The summed E-state index contributed by atoms with van der Waals surface area (Å²) in [4.78, 5) is 0. The molecule has 2 aliphatic carbocycles. The van der Waals surface area contributed by atoms with Crippen molar-refractivity contribution in [2.45, 2.75) is 49.9 Å². The second-order valence-corrected chi connectivity index (χ2v) is 5.05. The number of thiol groups is 1. The Labute approximate surface area is 80.0 Å². The van der Waals surface area contributed by atoms with Crippen molar-refractivity contribution in [3.05, 3.63) is 0 Å². The number of aliphatic hydroxyl groups excluding tert-OH is 1. The van der Waals surface area contributed by atoms with Gasteiger partial charge < -0.3 is 5.11 Å². The van der Waals surface area contributed by atoms with Gasteiger partial charge in [0, 0.05) is 5.25 Å². The van der Waals surface area contributed by atoms with Gasteiger partial charge in [-0.05, 0) is 43.9 Å². The molecule has 2 saturated carbocycles. The van der Waals surface area contributed by atoms with Gasteiger partial charge in [0.2, 0.25) is 0 Å². The molecule has 2 heteroatoms. The van der Waals surface area contributed by atoms with Crippen LogP contribution < -0.4 is 0 Å². The summed E-state index contributed by atoms with van der Waals surface area (Å²) in [5.74, 6) is 1.59. The van der Waals surface area contributed by atoms with Gasteiger partial charge in [0.1, 0.15) is 0 Å². The predicted molar refractivity (Wildman–Crippen MR) is 53.5 cm³/mol. The van der Waals surface area contributed by atoms with Crippen LogP contribution in [0.2, 0.25) is 0 Å². The molecule has 0 aliphatic heterocycles. The first-order valence-corrected chi connectivity index (χ1v) is 5.65. The van der Waals surface area contributed by atoms with Gasteiger partial charge in [-0.2, -0.15) is 12.6 Å². The first-order valence-electron chi connectivity index (χ1n) is 5.13. The largest absolute Gasteiger partial charge is 0.393 e. The third-order valence-corrected chi connectivity index (χ3v) is 4.22. The van der Waals surface area contributed by atoms with Gasteiger partial charge in [0.15, 0.2) is 0 Å². The van der Waals surface area contributed by atoms with Crippen molar-refractivity contribution in [3.8, 4) is 0 Å². The summed E-state index contributed by atoms with van der Waals surface area (Å²) < 4.78 is 0. The Kier molecular flexibility index (Phi) is 2.66. The van der Waals surface area contributed by atoms with Crippen molar-refractivity contribution >= 4 is 12.6 Å². The molecule has 0 amide bonds. The van der Waals surface area contributed by atoms with E-state index in [1.54, 1.807) is 0 Å². The topological polar surface area (TPSA) is 20.2 Å². The number of rotatable bonds is 1. The summed E-state index contributed by atoms with van der Waals surface area (Å²) in [6, 6.07) is 0. The van der Waals surface area contributed by atoms with E-state index in [2.05, 4.69) is 12.6 Å². The summed E-state index contributed by atoms with van der Waals surface area (Å²) in [7, 11) is 0. The third kappa shape index (κ3) is 1.64. The zero-order chi connectivity index (χ0) is 8.55. The molecule has 0 aromatic rings. The minimum Gasteiger partial charge on any atom is -0.393 e. The molecular formula is C10H18OS. The van der Waals surface area contributed by atoms with Gasteiger partial charge in [0.25, 0.3) is 0 Å². The summed E-state index contributed by atoms with van der Waals surface area (Å²) >= 11 is 4.61. The van der Waals surface area contributed by atoms with Crippen LogP contribution in [0.5, 0.6) is 0 Å². The maximum atomic E-state index is 9.42. The third-order valence-electron chi connectivity index (χ3n) is 3.58. The molecule has 0 heterocycles. The average Bonchev–Trinajstić information content (AvgIpc) is 2.58. The number of hydrogen-bond donors (Lipinski definition) is 2. The lowest BCUT2D eigenvalue weighted by atomic mass is 9.89. The first-order chi connectivity index (χ1) is 5.77. The molecule has 4 unspecified atom stereocenters. The van der Waals surface area contributed by atoms with Crippen molar-refractivity contribution in [2.75, 3.05) is 0 Å². The van der Waals surface area contributed by atoms with E-state index in [9.17, 15) is 5.11 Å². The second kappa shape index (κ2) is 3.59. The van der Waals surface area contributed by atoms with Gasteiger partial charge in [0.05, 0.1) is 6.10 Å². The van der Waals surface area contributed by atoms with Crippen LogP contribution in [0, 0.1) is 11.8 Å². The van der Waals surface area contributed by atoms with Gasteiger partial charge in [-0.25, -0.2) is 0 Å². The highest BCUT2D eigenvalue weighted by atomic mass is 32.1. The van der Waals surface area contributed by atoms with E-state index in [-0.39, 0.29) is 6.10 Å². The number of aliphatic hydroxyl groups is 1. The molecule has 2 fully saturated rings. The van der Waals surface area contributed by atoms with E-state index in [1.165, 1.54) is 25.7 Å². The standard InChI is InChI=1S/C10H18OS/c11-8-5-4-7(6-8)9-2-1-3-10(9)12/h7-12H,1-6H2. The summed E-state index contributed by atoms with van der Waals surface area (Å²) in [6.45, 7) is 0. The molecule has 1 N–H and O–H groups in total. The van der Waals surface area contributed by atoms with Crippen LogP contribution in [0.1, 0.15) is 38.5 Å². The van der Waals surface area contributed by atoms with Crippen LogP contribution >= 0.6 is 12.6 Å². The molecule has 0 saturated heterocycles. The maximum Gasteiger partial charge on any atom is 0.0543 e. The van der Waals surface area contributed by atoms with Crippen LogP contribution in [-0.2, 0) is 0 Å². The van der Waals surface area contributed by atoms with Crippen LogP contribution in [-0.4, -0.2) is 16.5 Å². The fourth-order valence-corrected chi connectivity index (χ4v) is 3.47. The SMILES string of the molecule is OC1CCC(C2CCCC2S)C1. The lowest BCUT2D eigenvalue weighted by Crippen LogP contribution is -2.17. The quantitative estimate of drug-likeness (QED) is 0.602. The highest BCUT2D eigenvalue weighted by molar-refractivity contribution is 7.81. The molecule has 0 bridgehead atoms. The maximum absolute atomic E-state index is 9.42. The normalized spacial score (nSPS) is 48.5. The molecule has 4 atom stereocenters. The molecule has 0 aromatic carbocycles. The Morgan fingerprint density at radius 3 is 2.42 bits per heavy atom. The average molecular weight is 186 g/mol. The van der Waals surface area contributed by atoms with Crippen LogP contribution in [0.3, 0.4) is 0 Å². The molecule has 1 nitrogen and oxygen atoms in total. The second-order valence-electron chi connectivity index (χ2n) is 4.39. The fraction of sp³-hybridized carbons (Fsp3) is 1.00. The van der Waals surface area contributed by atoms with Crippen molar-refractivity contribution in [2.24, 2.45) is 11.8 Å². The Balaban J connectivity index is 1.91. The van der Waals surface area contributed by atoms with Gasteiger partial charge in [-0.3, -0.25) is 0 Å². The molecule has 0 radical (unpaired) electrons. The van der Waals surface area contributed by atoms with Crippen molar-refractivity contribution < 1.29 is 5.11 Å². The minimum atomic E-state index is -0.00358.